The molecule has 1 aromatic carbocycles. The van der Waals surface area contributed by atoms with Gasteiger partial charge in [-0.3, -0.25) is 9.59 Å². The van der Waals surface area contributed by atoms with Crippen molar-refractivity contribution in [3.05, 3.63) is 38.3 Å². The maximum atomic E-state index is 12.7. The molecule has 0 radical (unpaired) electrons. The van der Waals surface area contributed by atoms with Crippen molar-refractivity contribution in [2.24, 2.45) is 0 Å². The molecule has 2 aliphatic rings. The van der Waals surface area contributed by atoms with Crippen LogP contribution in [0.2, 0.25) is 5.02 Å². The summed E-state index contributed by atoms with van der Waals surface area (Å²) in [6, 6.07) is 2.82. The summed E-state index contributed by atoms with van der Waals surface area (Å²) in [6.07, 6.45) is 2.00. The molecule has 0 amide bonds. The molecule has 0 N–H and O–H groups in total. The van der Waals surface area contributed by atoms with Crippen molar-refractivity contribution in [2.75, 3.05) is 5.75 Å². The molecular formula is C15H12BrClO4S. The number of hydrogen-bond acceptors (Lipinski definition) is 4. The van der Waals surface area contributed by atoms with Crippen LogP contribution in [0.15, 0.2) is 27.1 Å². The fourth-order valence-electron chi connectivity index (χ4n) is 2.84. The van der Waals surface area contributed by atoms with E-state index in [1.165, 1.54) is 12.1 Å². The van der Waals surface area contributed by atoms with Crippen molar-refractivity contribution in [1.29, 1.82) is 0 Å². The highest BCUT2D eigenvalue weighted by molar-refractivity contribution is 9.11. The molecule has 0 atom stereocenters. The topological polar surface area (TPSA) is 68.3 Å². The lowest BCUT2D eigenvalue weighted by Gasteiger charge is -2.15. The van der Waals surface area contributed by atoms with Crippen LogP contribution in [0.25, 0.3) is 0 Å². The maximum Gasteiger partial charge on any atom is 0.198 e. The Morgan fingerprint density at radius 3 is 2.59 bits per heavy atom. The van der Waals surface area contributed by atoms with Crippen LogP contribution in [0.1, 0.15) is 35.2 Å². The lowest BCUT2D eigenvalue weighted by molar-refractivity contribution is -0.115. The summed E-state index contributed by atoms with van der Waals surface area (Å²) in [5.41, 5.74) is 0.807. The molecule has 7 heteroatoms. The number of carbonyl (C=O) groups is 2. The Morgan fingerprint density at radius 1 is 1.18 bits per heavy atom. The standard InChI is InChI=1S/C15H12BrClO4S/c16-10-2-1-3-11(18)13(10)15(19)9-4-5-12-8(14(9)17)6-7-22(12,20)21/h4-5H,1-3,6-7H2. The van der Waals surface area contributed by atoms with E-state index in [9.17, 15) is 18.0 Å². The van der Waals surface area contributed by atoms with Gasteiger partial charge in [0.25, 0.3) is 0 Å². The van der Waals surface area contributed by atoms with E-state index in [0.717, 1.165) is 0 Å². The summed E-state index contributed by atoms with van der Waals surface area (Å²) in [7, 11) is -3.30. The van der Waals surface area contributed by atoms with Crippen LogP contribution in [0.3, 0.4) is 0 Å². The lowest BCUT2D eigenvalue weighted by Crippen LogP contribution is -2.18. The minimum Gasteiger partial charge on any atom is -0.294 e. The minimum absolute atomic E-state index is 0.00498. The van der Waals surface area contributed by atoms with Gasteiger partial charge in [-0.25, -0.2) is 8.42 Å². The second kappa shape index (κ2) is 5.58. The Labute approximate surface area is 141 Å². The number of hydrogen-bond donors (Lipinski definition) is 0. The van der Waals surface area contributed by atoms with Gasteiger partial charge < -0.3 is 0 Å². The van der Waals surface area contributed by atoms with Crippen molar-refractivity contribution in [1.82, 2.24) is 0 Å². The molecule has 22 heavy (non-hydrogen) atoms. The summed E-state index contributed by atoms with van der Waals surface area (Å²) in [5, 5.41) is 0.148. The SMILES string of the molecule is O=C1CCCC(Br)=C1C(=O)c1ccc2c(c1Cl)CCS2(=O)=O. The number of allylic oxidation sites excluding steroid dienone is 2. The highest BCUT2D eigenvalue weighted by atomic mass is 79.9. The molecule has 1 aromatic rings. The van der Waals surface area contributed by atoms with Gasteiger partial charge in [0.1, 0.15) is 0 Å². The first-order valence-electron chi connectivity index (χ1n) is 6.83. The number of halogens is 2. The molecule has 4 nitrogen and oxygen atoms in total. The predicted octanol–water partition coefficient (Wildman–Crippen LogP) is 3.25. The van der Waals surface area contributed by atoms with Crippen LogP contribution >= 0.6 is 27.5 Å². The maximum absolute atomic E-state index is 12.7. The van der Waals surface area contributed by atoms with Gasteiger partial charge in [-0.05, 0) is 37.0 Å². The molecule has 1 heterocycles. The summed E-state index contributed by atoms with van der Waals surface area (Å²) in [4.78, 5) is 24.9. The highest BCUT2D eigenvalue weighted by Gasteiger charge is 2.33. The third-order valence-electron chi connectivity index (χ3n) is 3.98. The van der Waals surface area contributed by atoms with Crippen molar-refractivity contribution >= 4 is 48.9 Å². The lowest BCUT2D eigenvalue weighted by atomic mass is 9.91. The zero-order valence-corrected chi connectivity index (χ0v) is 14.6. The molecule has 1 aliphatic carbocycles. The van der Waals surface area contributed by atoms with E-state index < -0.39 is 15.6 Å². The van der Waals surface area contributed by atoms with Crippen LogP contribution < -0.4 is 0 Å². The number of benzene rings is 1. The first-order valence-corrected chi connectivity index (χ1v) is 9.66. The number of Topliss-reactive ketones (excluding diaryl/α,β-unsaturated/α-hetero) is 2. The van der Waals surface area contributed by atoms with E-state index in [0.29, 0.717) is 35.7 Å². The fourth-order valence-corrected chi connectivity index (χ4v) is 5.47. The summed E-state index contributed by atoms with van der Waals surface area (Å²) in [6.45, 7) is 0. The number of carbonyl (C=O) groups excluding carboxylic acids is 2. The van der Waals surface area contributed by atoms with Gasteiger partial charge in [-0.2, -0.15) is 0 Å². The largest absolute Gasteiger partial charge is 0.294 e. The number of fused-ring (bicyclic) bond motifs is 1. The van der Waals surface area contributed by atoms with E-state index in [1.54, 1.807) is 0 Å². The van der Waals surface area contributed by atoms with Crippen LogP contribution in [-0.4, -0.2) is 25.7 Å². The summed E-state index contributed by atoms with van der Waals surface area (Å²) < 4.78 is 24.4. The molecule has 0 saturated heterocycles. The van der Waals surface area contributed by atoms with E-state index in [-0.39, 0.29) is 32.6 Å². The van der Waals surface area contributed by atoms with Gasteiger partial charge in [0, 0.05) is 16.5 Å². The molecule has 1 aliphatic heterocycles. The normalized spacial score (nSPS) is 20.2. The van der Waals surface area contributed by atoms with Gasteiger partial charge in [-0.15, -0.1) is 0 Å². The van der Waals surface area contributed by atoms with E-state index in [1.807, 2.05) is 0 Å². The zero-order chi connectivity index (χ0) is 16.1. The first-order chi connectivity index (χ1) is 10.3. The molecule has 0 unspecified atom stereocenters. The van der Waals surface area contributed by atoms with E-state index in [2.05, 4.69) is 15.9 Å². The Hall–Kier alpha value is -0.980. The van der Waals surface area contributed by atoms with Crippen molar-refractivity contribution in [2.45, 2.75) is 30.6 Å². The van der Waals surface area contributed by atoms with Crippen molar-refractivity contribution in [3.63, 3.8) is 0 Å². The average molecular weight is 404 g/mol. The first kappa shape index (κ1) is 15.9. The molecule has 116 valence electrons. The minimum atomic E-state index is -3.30. The third-order valence-corrected chi connectivity index (χ3v) is 7.00. The molecular weight excluding hydrogens is 392 g/mol. The zero-order valence-electron chi connectivity index (χ0n) is 11.5. The smallest absolute Gasteiger partial charge is 0.198 e. The number of rotatable bonds is 2. The quantitative estimate of drug-likeness (QED) is 0.561. The molecule has 0 saturated carbocycles. The van der Waals surface area contributed by atoms with Gasteiger partial charge >= 0.3 is 0 Å². The Morgan fingerprint density at radius 2 is 1.91 bits per heavy atom. The third kappa shape index (κ3) is 2.47. The molecule has 0 spiro atoms. The van der Waals surface area contributed by atoms with E-state index >= 15 is 0 Å². The Bertz CT molecular complexity index is 839. The Balaban J connectivity index is 2.11. The van der Waals surface area contributed by atoms with Gasteiger partial charge in [0.2, 0.25) is 0 Å². The van der Waals surface area contributed by atoms with Gasteiger partial charge in [-0.1, -0.05) is 27.5 Å². The number of ketones is 2. The molecule has 0 bridgehead atoms. The van der Waals surface area contributed by atoms with Crippen molar-refractivity contribution < 1.29 is 18.0 Å². The van der Waals surface area contributed by atoms with Crippen LogP contribution in [0.5, 0.6) is 0 Å². The summed E-state index contributed by atoms with van der Waals surface area (Å²) in [5.74, 6) is -0.633. The van der Waals surface area contributed by atoms with Crippen LogP contribution in [0, 0.1) is 0 Å². The van der Waals surface area contributed by atoms with Crippen LogP contribution in [0.4, 0.5) is 0 Å². The van der Waals surface area contributed by atoms with Crippen LogP contribution in [-0.2, 0) is 21.1 Å². The highest BCUT2D eigenvalue weighted by Crippen LogP contribution is 2.36. The summed E-state index contributed by atoms with van der Waals surface area (Å²) >= 11 is 9.55. The van der Waals surface area contributed by atoms with E-state index in [4.69, 9.17) is 11.6 Å². The Kier molecular flexibility index (Phi) is 4.03. The molecule has 0 fully saturated rings. The van der Waals surface area contributed by atoms with Gasteiger partial charge in [0.15, 0.2) is 21.4 Å². The second-order valence-corrected chi connectivity index (χ2v) is 8.77. The van der Waals surface area contributed by atoms with Gasteiger partial charge in [0.05, 0.1) is 21.2 Å². The molecule has 0 aromatic heterocycles. The monoisotopic (exact) mass is 402 g/mol. The second-order valence-electron chi connectivity index (χ2n) is 5.36. The van der Waals surface area contributed by atoms with Crippen molar-refractivity contribution in [3.8, 4) is 0 Å². The predicted molar refractivity (Wildman–Crippen MR) is 86.4 cm³/mol. The average Bonchev–Trinajstić information content (AvgIpc) is 2.75. The number of sulfone groups is 1. The molecule has 3 rings (SSSR count). The fraction of sp³-hybridized carbons (Fsp3) is 0.333.